The fourth-order valence-corrected chi connectivity index (χ4v) is 2.64. The van der Waals surface area contributed by atoms with E-state index >= 15 is 0 Å². The van der Waals surface area contributed by atoms with Gasteiger partial charge in [-0.1, -0.05) is 30.3 Å². The molecule has 0 bridgehead atoms. The molecule has 0 saturated heterocycles. The van der Waals surface area contributed by atoms with Crippen molar-refractivity contribution in [2.75, 3.05) is 19.8 Å². The summed E-state index contributed by atoms with van der Waals surface area (Å²) in [5.74, 6) is -0.141. The molecule has 0 unspecified atom stereocenters. The Morgan fingerprint density at radius 1 is 1.12 bits per heavy atom. The highest BCUT2D eigenvalue weighted by Crippen LogP contribution is 2.26. The average Bonchev–Trinajstić information content (AvgIpc) is 2.62. The van der Waals surface area contributed by atoms with E-state index in [2.05, 4.69) is 33.4 Å². The Balaban J connectivity index is 1.86. The first-order valence-corrected chi connectivity index (χ1v) is 8.79. The van der Waals surface area contributed by atoms with Crippen molar-refractivity contribution in [1.29, 1.82) is 0 Å². The first-order valence-electron chi connectivity index (χ1n) is 8.00. The minimum Gasteiger partial charge on any atom is -0.492 e. The molecule has 0 radical (unpaired) electrons. The molecule has 1 N–H and O–H groups in total. The van der Waals surface area contributed by atoms with Crippen LogP contribution in [0.1, 0.15) is 22.8 Å². The highest BCUT2D eigenvalue weighted by atomic mass is 79.9. The molecule has 2 aromatic carbocycles. The van der Waals surface area contributed by atoms with Gasteiger partial charge >= 0.3 is 5.97 Å². The van der Waals surface area contributed by atoms with Crippen LogP contribution in [0.2, 0.25) is 0 Å². The van der Waals surface area contributed by atoms with Crippen LogP contribution >= 0.6 is 15.9 Å². The Bertz CT molecular complexity index is 719. The average molecular weight is 406 g/mol. The molecule has 0 aliphatic rings. The van der Waals surface area contributed by atoms with Gasteiger partial charge in [0.2, 0.25) is 0 Å². The van der Waals surface area contributed by atoms with Crippen molar-refractivity contribution < 1.29 is 19.1 Å². The molecule has 5 nitrogen and oxygen atoms in total. The molecular weight excluding hydrogens is 386 g/mol. The van der Waals surface area contributed by atoms with E-state index in [0.717, 1.165) is 6.42 Å². The molecule has 6 heteroatoms. The number of hydrogen-bond acceptors (Lipinski definition) is 4. The van der Waals surface area contributed by atoms with Crippen molar-refractivity contribution in [1.82, 2.24) is 5.32 Å². The van der Waals surface area contributed by atoms with Gasteiger partial charge in [-0.3, -0.25) is 9.59 Å². The van der Waals surface area contributed by atoms with E-state index in [0.29, 0.717) is 22.4 Å². The maximum Gasteiger partial charge on any atom is 0.325 e. The highest BCUT2D eigenvalue weighted by Gasteiger charge is 2.11. The summed E-state index contributed by atoms with van der Waals surface area (Å²) in [5.41, 5.74) is 1.64. The van der Waals surface area contributed by atoms with Crippen molar-refractivity contribution in [3.63, 3.8) is 0 Å². The summed E-state index contributed by atoms with van der Waals surface area (Å²) in [7, 11) is 0. The molecular formula is C19H20BrNO4. The molecule has 0 fully saturated rings. The Kier molecular flexibility index (Phi) is 7.47. The first-order chi connectivity index (χ1) is 12.1. The lowest BCUT2D eigenvalue weighted by Gasteiger charge is -2.10. The van der Waals surface area contributed by atoms with Crippen LogP contribution in [0.15, 0.2) is 53.0 Å². The van der Waals surface area contributed by atoms with E-state index < -0.39 is 5.97 Å². The monoisotopic (exact) mass is 405 g/mol. The molecule has 0 aromatic heterocycles. The number of carbonyl (C=O) groups is 2. The molecule has 0 aliphatic carbocycles. The second kappa shape index (κ2) is 9.84. The van der Waals surface area contributed by atoms with Gasteiger partial charge in [-0.15, -0.1) is 0 Å². The van der Waals surface area contributed by atoms with E-state index in [-0.39, 0.29) is 19.1 Å². The molecule has 0 heterocycles. The predicted octanol–water partition coefficient (Wildman–Crippen LogP) is 3.36. The minimum absolute atomic E-state index is 0.153. The molecule has 2 rings (SSSR count). The lowest BCUT2D eigenvalue weighted by Crippen LogP contribution is -2.30. The second-order valence-corrected chi connectivity index (χ2v) is 6.07. The maximum atomic E-state index is 12.0. The standard InChI is InChI=1S/C19H20BrNO4/c1-2-24-18(22)13-21-19(23)15-8-9-17(16(20)12-15)25-11-10-14-6-4-3-5-7-14/h3-9,12H,2,10-11,13H2,1H3,(H,21,23). The number of nitrogens with one attached hydrogen (secondary N) is 1. The van der Waals surface area contributed by atoms with Crippen LogP contribution in [0.3, 0.4) is 0 Å². The lowest BCUT2D eigenvalue weighted by molar-refractivity contribution is -0.141. The number of hydrogen-bond donors (Lipinski definition) is 1. The van der Waals surface area contributed by atoms with Gasteiger partial charge in [-0.25, -0.2) is 0 Å². The fourth-order valence-electron chi connectivity index (χ4n) is 2.15. The van der Waals surface area contributed by atoms with E-state index in [1.54, 1.807) is 25.1 Å². The summed E-state index contributed by atoms with van der Waals surface area (Å²) in [5, 5.41) is 2.52. The zero-order chi connectivity index (χ0) is 18.1. The SMILES string of the molecule is CCOC(=O)CNC(=O)c1ccc(OCCc2ccccc2)c(Br)c1. The summed E-state index contributed by atoms with van der Waals surface area (Å²) in [6.45, 7) is 2.39. The third-order valence-electron chi connectivity index (χ3n) is 3.38. The third kappa shape index (κ3) is 6.23. The molecule has 0 atom stereocenters. The summed E-state index contributed by atoms with van der Waals surface area (Å²) in [6.07, 6.45) is 0.801. The molecule has 0 saturated carbocycles. The van der Waals surface area contributed by atoms with Crippen LogP contribution in [0.5, 0.6) is 5.75 Å². The third-order valence-corrected chi connectivity index (χ3v) is 4.00. The van der Waals surface area contributed by atoms with E-state index in [4.69, 9.17) is 9.47 Å². The minimum atomic E-state index is -0.462. The number of ether oxygens (including phenoxy) is 2. The molecule has 1 amide bonds. The van der Waals surface area contributed by atoms with E-state index in [1.165, 1.54) is 5.56 Å². The van der Waals surface area contributed by atoms with Crippen molar-refractivity contribution in [3.8, 4) is 5.75 Å². The van der Waals surface area contributed by atoms with Crippen molar-refractivity contribution in [3.05, 3.63) is 64.1 Å². The Hall–Kier alpha value is -2.34. The van der Waals surface area contributed by atoms with Crippen molar-refractivity contribution in [2.45, 2.75) is 13.3 Å². The van der Waals surface area contributed by atoms with Gasteiger partial charge in [0.25, 0.3) is 5.91 Å². The highest BCUT2D eigenvalue weighted by molar-refractivity contribution is 9.10. The Morgan fingerprint density at radius 3 is 2.56 bits per heavy atom. The zero-order valence-electron chi connectivity index (χ0n) is 14.0. The molecule has 132 valence electrons. The van der Waals surface area contributed by atoms with Crippen LogP contribution < -0.4 is 10.1 Å². The van der Waals surface area contributed by atoms with Gasteiger partial charge in [0.05, 0.1) is 17.7 Å². The summed E-state index contributed by atoms with van der Waals surface area (Å²) in [6, 6.07) is 15.1. The number of amides is 1. The van der Waals surface area contributed by atoms with E-state index in [9.17, 15) is 9.59 Å². The quantitative estimate of drug-likeness (QED) is 0.683. The van der Waals surface area contributed by atoms with Gasteiger partial charge in [0.1, 0.15) is 12.3 Å². The Morgan fingerprint density at radius 2 is 1.88 bits per heavy atom. The zero-order valence-corrected chi connectivity index (χ0v) is 15.5. The van der Waals surface area contributed by atoms with Gasteiger partial charge in [0, 0.05) is 12.0 Å². The van der Waals surface area contributed by atoms with Crippen molar-refractivity contribution in [2.24, 2.45) is 0 Å². The smallest absolute Gasteiger partial charge is 0.325 e. The summed E-state index contributed by atoms with van der Waals surface area (Å²) < 4.78 is 11.2. The Labute approximate surface area is 155 Å². The van der Waals surface area contributed by atoms with Gasteiger partial charge in [-0.2, -0.15) is 0 Å². The number of carbonyl (C=O) groups excluding carboxylic acids is 2. The summed E-state index contributed by atoms with van der Waals surface area (Å²) in [4.78, 5) is 23.3. The fraction of sp³-hybridized carbons (Fsp3) is 0.263. The van der Waals surface area contributed by atoms with Gasteiger partial charge in [-0.05, 0) is 46.6 Å². The maximum absolute atomic E-state index is 12.0. The molecule has 0 aliphatic heterocycles. The van der Waals surface area contributed by atoms with Gasteiger partial charge in [0.15, 0.2) is 0 Å². The summed E-state index contributed by atoms with van der Waals surface area (Å²) >= 11 is 3.41. The van der Waals surface area contributed by atoms with Gasteiger partial charge < -0.3 is 14.8 Å². The lowest BCUT2D eigenvalue weighted by atomic mass is 10.2. The topological polar surface area (TPSA) is 64.6 Å². The largest absolute Gasteiger partial charge is 0.492 e. The van der Waals surface area contributed by atoms with Crippen LogP contribution in [-0.2, 0) is 16.0 Å². The van der Waals surface area contributed by atoms with Crippen LogP contribution in [-0.4, -0.2) is 31.6 Å². The van der Waals surface area contributed by atoms with Crippen LogP contribution in [0, 0.1) is 0 Å². The molecule has 25 heavy (non-hydrogen) atoms. The number of benzene rings is 2. The van der Waals surface area contributed by atoms with Crippen molar-refractivity contribution >= 4 is 27.8 Å². The van der Waals surface area contributed by atoms with E-state index in [1.807, 2.05) is 18.2 Å². The van der Waals surface area contributed by atoms with Crippen LogP contribution in [0.4, 0.5) is 0 Å². The van der Waals surface area contributed by atoms with Crippen LogP contribution in [0.25, 0.3) is 0 Å². The molecule has 0 spiro atoms. The molecule has 2 aromatic rings. The first kappa shape index (κ1) is 19.0. The number of rotatable bonds is 8. The second-order valence-electron chi connectivity index (χ2n) is 5.22. The predicted molar refractivity (Wildman–Crippen MR) is 98.7 cm³/mol. The normalized spacial score (nSPS) is 10.2. The number of esters is 1. The number of halogens is 1.